The van der Waals surface area contributed by atoms with Gasteiger partial charge in [-0.3, -0.25) is 9.59 Å². The monoisotopic (exact) mass is 218 g/mol. The molecule has 5 nitrogen and oxygen atoms in total. The molecule has 0 radical (unpaired) electrons. The smallest absolute Gasteiger partial charge is 0.307 e. The van der Waals surface area contributed by atoms with Crippen molar-refractivity contribution in [2.24, 2.45) is 0 Å². The molecule has 0 aliphatic carbocycles. The summed E-state index contributed by atoms with van der Waals surface area (Å²) >= 11 is 0. The number of hydrogen-bond acceptors (Lipinski definition) is 3. The minimum Gasteiger partial charge on any atom is -0.481 e. The lowest BCUT2D eigenvalue weighted by molar-refractivity contribution is -0.873. The van der Waals surface area contributed by atoms with Crippen molar-refractivity contribution in [3.63, 3.8) is 0 Å². The zero-order valence-electron chi connectivity index (χ0n) is 20.9. The zero-order valence-corrected chi connectivity index (χ0v) is 6.90. The summed E-state index contributed by atoms with van der Waals surface area (Å²) in [6.45, 7) is -20.1. The molecule has 0 saturated carbocycles. The maximum Gasteiger partial charge on any atom is 0.307 e. The summed E-state index contributed by atoms with van der Waals surface area (Å²) in [6, 6.07) is 0. The highest BCUT2D eigenvalue weighted by Crippen LogP contribution is 2.04. The van der Waals surface area contributed by atoms with E-state index in [9.17, 15) is 9.59 Å². The number of esters is 1. The molecular formula is C9H18NO4+. The number of carbonyl (C=O) groups is 2. The Morgan fingerprint density at radius 2 is 2.21 bits per heavy atom. The summed E-state index contributed by atoms with van der Waals surface area (Å²) in [5.41, 5.74) is 0. The Labute approximate surface area is 104 Å². The van der Waals surface area contributed by atoms with E-state index >= 15 is 0 Å². The SMILES string of the molecule is [2H]C([2H])([2H])C(=O)O[C@H](CC(=O)O)C([2H])([2H])[N+](C([2H])([2H])[2H])(C([2H])([2H])[2H])C([2H])([2H])[2H]. The van der Waals surface area contributed by atoms with E-state index in [0.29, 0.717) is 0 Å². The lowest BCUT2D eigenvalue weighted by Crippen LogP contribution is -2.43. The first-order valence-corrected chi connectivity index (χ1v) is 3.27. The summed E-state index contributed by atoms with van der Waals surface area (Å²) in [5.74, 6) is -4.10. The van der Waals surface area contributed by atoms with Gasteiger partial charge in [0.25, 0.3) is 0 Å². The van der Waals surface area contributed by atoms with Crippen LogP contribution in [-0.4, -0.2) is 55.1 Å². The first-order chi connectivity index (χ1) is 11.9. The van der Waals surface area contributed by atoms with Gasteiger partial charge in [0.2, 0.25) is 0 Å². The van der Waals surface area contributed by atoms with Crippen LogP contribution >= 0.6 is 0 Å². The molecule has 0 aromatic heterocycles. The van der Waals surface area contributed by atoms with Gasteiger partial charge in [-0.1, -0.05) is 0 Å². The Hall–Kier alpha value is -1.10. The first kappa shape index (κ1) is 2.72. The van der Waals surface area contributed by atoms with E-state index in [4.69, 9.17) is 24.3 Å². The molecule has 0 aliphatic heterocycles. The third-order valence-corrected chi connectivity index (χ3v) is 0.947. The summed E-state index contributed by atoms with van der Waals surface area (Å²) in [6.07, 6.45) is -4.48. The molecule has 0 aromatic rings. The maximum atomic E-state index is 11.6. The van der Waals surface area contributed by atoms with Gasteiger partial charge in [0, 0.05) is 11.0 Å². The summed E-state index contributed by atoms with van der Waals surface area (Å²) in [4.78, 5) is 22.6. The highest BCUT2D eigenvalue weighted by Gasteiger charge is 2.23. The van der Waals surface area contributed by atoms with E-state index in [1.807, 2.05) is 0 Å². The van der Waals surface area contributed by atoms with Crippen molar-refractivity contribution in [3.8, 4) is 0 Å². The molecule has 14 heavy (non-hydrogen) atoms. The minimum atomic E-state index is -4.14. The molecule has 0 rings (SSSR count). The molecule has 0 bridgehead atoms. The zero-order chi connectivity index (χ0) is 23.1. The summed E-state index contributed by atoms with van der Waals surface area (Å²) < 4.78 is 104. The third-order valence-electron chi connectivity index (χ3n) is 0.947. The molecular weight excluding hydrogens is 186 g/mol. The number of nitrogens with zero attached hydrogens (tertiary/aromatic N) is 1. The second-order valence-corrected chi connectivity index (χ2v) is 2.29. The maximum absolute atomic E-state index is 11.6. The molecule has 0 heterocycles. The molecule has 0 aromatic carbocycles. The Bertz CT molecular complexity index is 564. The molecule has 0 amide bonds. The van der Waals surface area contributed by atoms with Crippen molar-refractivity contribution < 1.29 is 43.1 Å². The van der Waals surface area contributed by atoms with Crippen LogP contribution in [-0.2, 0) is 14.3 Å². The molecule has 0 fully saturated rings. The number of rotatable bonds is 5. The van der Waals surface area contributed by atoms with Crippen LogP contribution in [0, 0.1) is 0 Å². The fourth-order valence-corrected chi connectivity index (χ4v) is 0.617. The number of aliphatic carboxylic acids is 1. The van der Waals surface area contributed by atoms with E-state index < -0.39 is 63.2 Å². The highest BCUT2D eigenvalue weighted by molar-refractivity contribution is 5.69. The quantitative estimate of drug-likeness (QED) is 0.525. The van der Waals surface area contributed by atoms with Gasteiger partial charge < -0.3 is 14.3 Å². The van der Waals surface area contributed by atoms with Crippen LogP contribution in [0.5, 0.6) is 0 Å². The van der Waals surface area contributed by atoms with Crippen LogP contribution in [0.2, 0.25) is 0 Å². The number of quaternary nitrogens is 1. The van der Waals surface area contributed by atoms with E-state index in [1.165, 1.54) is 0 Å². The van der Waals surface area contributed by atoms with Gasteiger partial charge in [0.1, 0.15) is 6.50 Å². The van der Waals surface area contributed by atoms with Crippen molar-refractivity contribution >= 4 is 11.9 Å². The Morgan fingerprint density at radius 3 is 2.64 bits per heavy atom. The van der Waals surface area contributed by atoms with Gasteiger partial charge in [-0.2, -0.15) is 0 Å². The van der Waals surface area contributed by atoms with Gasteiger partial charge in [-0.05, 0) is 0 Å². The fraction of sp³-hybridized carbons (Fsp3) is 0.778. The van der Waals surface area contributed by atoms with Gasteiger partial charge in [0.15, 0.2) is 6.10 Å². The molecule has 82 valence electrons. The summed E-state index contributed by atoms with van der Waals surface area (Å²) in [7, 11) is 0. The topological polar surface area (TPSA) is 63.6 Å². The van der Waals surface area contributed by atoms with Crippen LogP contribution in [0.1, 0.15) is 32.5 Å². The molecule has 5 heteroatoms. The van der Waals surface area contributed by atoms with Crippen molar-refractivity contribution in [1.82, 2.24) is 0 Å². The number of carboxylic acids is 1. The van der Waals surface area contributed by atoms with E-state index in [-0.39, 0.29) is 0 Å². The Morgan fingerprint density at radius 1 is 1.57 bits per heavy atom. The largest absolute Gasteiger partial charge is 0.481 e. The number of likely N-dealkylation sites (N-methyl/N-ethyl adjacent to an activating group) is 1. The molecule has 1 atom stereocenters. The van der Waals surface area contributed by atoms with E-state index in [1.54, 1.807) is 0 Å². The van der Waals surface area contributed by atoms with Crippen LogP contribution in [0.15, 0.2) is 0 Å². The average molecular weight is 218 g/mol. The highest BCUT2D eigenvalue weighted by atomic mass is 16.5. The fourth-order valence-electron chi connectivity index (χ4n) is 0.617. The molecule has 0 spiro atoms. The van der Waals surface area contributed by atoms with Gasteiger partial charge in [-0.25, -0.2) is 0 Å². The second-order valence-electron chi connectivity index (χ2n) is 2.29. The normalized spacial score (nSPS) is 32.9. The lowest BCUT2D eigenvalue weighted by atomic mass is 10.2. The summed E-state index contributed by atoms with van der Waals surface area (Å²) in [5, 5.41) is 8.91. The van der Waals surface area contributed by atoms with E-state index in [0.717, 1.165) is 0 Å². The Kier molecular flexibility index (Phi) is 0.963. The van der Waals surface area contributed by atoms with Crippen LogP contribution in [0.25, 0.3) is 0 Å². The number of carboxylic acid groups (broad SMARTS) is 1. The van der Waals surface area contributed by atoms with Crippen LogP contribution in [0.3, 0.4) is 0 Å². The van der Waals surface area contributed by atoms with Crippen molar-refractivity contribution in [1.29, 1.82) is 0 Å². The number of carbonyl (C=O) groups excluding carboxylic acids is 1. The van der Waals surface area contributed by atoms with Crippen LogP contribution in [0.4, 0.5) is 0 Å². The number of ether oxygens (including phenoxy) is 1. The molecule has 0 unspecified atom stereocenters. The van der Waals surface area contributed by atoms with Crippen molar-refractivity contribution in [2.45, 2.75) is 19.4 Å². The molecule has 0 aliphatic rings. The minimum absolute atomic E-state index is 1.60. The molecule has 0 saturated heterocycles. The van der Waals surface area contributed by atoms with Crippen molar-refractivity contribution in [2.75, 3.05) is 27.4 Å². The number of hydrogen-bond donors (Lipinski definition) is 1. The third kappa shape index (κ3) is 7.54. The van der Waals surface area contributed by atoms with E-state index in [2.05, 4.69) is 4.74 Å². The van der Waals surface area contributed by atoms with Crippen molar-refractivity contribution in [3.05, 3.63) is 0 Å². The average Bonchev–Trinajstić information content (AvgIpc) is 2.29. The molecule has 1 N–H and O–H groups in total. The second kappa shape index (κ2) is 4.95. The Balaban J connectivity index is 6.93. The standard InChI is InChI=1S/C9H17NO4/c1-7(11)14-8(5-9(12)13)6-10(2,3)4/h8H,5-6H2,1-4H3/p+1/t8-/m1/s1/i1D3,2D3,3D3,4D3,6D2. The first-order valence-electron chi connectivity index (χ1n) is 10.3. The van der Waals surface area contributed by atoms with Gasteiger partial charge >= 0.3 is 11.9 Å². The predicted molar refractivity (Wildman–Crippen MR) is 50.7 cm³/mol. The lowest BCUT2D eigenvalue weighted by Gasteiger charge is -2.28. The van der Waals surface area contributed by atoms with Gasteiger partial charge in [-0.15, -0.1) is 0 Å². The van der Waals surface area contributed by atoms with Crippen LogP contribution < -0.4 is 0 Å². The predicted octanol–water partition coefficient (Wildman–Crippen LogP) is 0.0990. The van der Waals surface area contributed by atoms with Gasteiger partial charge in [0.05, 0.1) is 42.4 Å².